The van der Waals surface area contributed by atoms with Crippen LogP contribution in [0, 0.1) is 10.1 Å². The van der Waals surface area contributed by atoms with Crippen LogP contribution in [0.2, 0.25) is 0 Å². The average molecular weight is 127 g/mol. The van der Waals surface area contributed by atoms with Crippen LogP contribution in [0.25, 0.3) is 0 Å². The van der Waals surface area contributed by atoms with Gasteiger partial charge in [0, 0.05) is 12.1 Å². The van der Waals surface area contributed by atoms with E-state index in [2.05, 4.69) is 4.98 Å². The molecule has 5 heteroatoms. The summed E-state index contributed by atoms with van der Waals surface area (Å²) in [5.74, 6) is 0.231. The van der Waals surface area contributed by atoms with Gasteiger partial charge in [0.05, 0.1) is 0 Å². The lowest BCUT2D eigenvalue weighted by Crippen LogP contribution is -1.88. The normalized spacial score (nSPS) is 9.33. The predicted molar refractivity (Wildman–Crippen MR) is 31.9 cm³/mol. The molecular weight excluding hydrogens is 122 g/mol. The molecule has 0 spiro atoms. The van der Waals surface area contributed by atoms with Crippen LogP contribution >= 0.6 is 0 Å². The van der Waals surface area contributed by atoms with Gasteiger partial charge in [0.25, 0.3) is 0 Å². The molecule has 0 aliphatic carbocycles. The lowest BCUT2D eigenvalue weighted by molar-refractivity contribution is -0.389. The van der Waals surface area contributed by atoms with Gasteiger partial charge in [-0.15, -0.1) is 0 Å². The van der Waals surface area contributed by atoms with E-state index in [1.165, 1.54) is 12.1 Å². The fraction of sp³-hybridized carbons (Fsp3) is 0. The number of H-pyrrole nitrogens is 1. The highest BCUT2D eigenvalue weighted by atomic mass is 16.6. The second kappa shape index (κ2) is 1.77. The average Bonchev–Trinajstić information content (AvgIpc) is 2.14. The fourth-order valence-electron chi connectivity index (χ4n) is 0.506. The predicted octanol–water partition coefficient (Wildman–Crippen LogP) is 0.505. The third-order valence-corrected chi connectivity index (χ3v) is 0.890. The summed E-state index contributed by atoms with van der Waals surface area (Å²) in [4.78, 5) is 11.8. The van der Waals surface area contributed by atoms with Crippen molar-refractivity contribution in [3.63, 3.8) is 0 Å². The summed E-state index contributed by atoms with van der Waals surface area (Å²) in [6.07, 6.45) is 0. The van der Waals surface area contributed by atoms with Gasteiger partial charge in [-0.2, -0.15) is 0 Å². The van der Waals surface area contributed by atoms with Crippen molar-refractivity contribution in [1.29, 1.82) is 0 Å². The first-order valence-electron chi connectivity index (χ1n) is 2.29. The molecule has 0 unspecified atom stereocenters. The zero-order valence-electron chi connectivity index (χ0n) is 4.50. The van der Waals surface area contributed by atoms with Crippen molar-refractivity contribution in [2.75, 3.05) is 5.73 Å². The molecule has 1 aromatic heterocycles. The Morgan fingerprint density at radius 1 is 1.67 bits per heavy atom. The van der Waals surface area contributed by atoms with Gasteiger partial charge in [-0.3, -0.25) is 0 Å². The van der Waals surface area contributed by atoms with Crippen molar-refractivity contribution in [2.45, 2.75) is 0 Å². The Hall–Kier alpha value is -1.52. The van der Waals surface area contributed by atoms with E-state index in [0.29, 0.717) is 5.82 Å². The minimum absolute atomic E-state index is 0.0764. The molecule has 1 heterocycles. The molecule has 0 fully saturated rings. The second-order valence-corrected chi connectivity index (χ2v) is 1.56. The van der Waals surface area contributed by atoms with Crippen molar-refractivity contribution in [2.24, 2.45) is 0 Å². The Kier molecular flexibility index (Phi) is 1.11. The molecule has 5 nitrogen and oxygen atoms in total. The highest BCUT2D eigenvalue weighted by Crippen LogP contribution is 2.09. The maximum atomic E-state index is 9.93. The summed E-state index contributed by atoms with van der Waals surface area (Å²) >= 11 is 0. The first-order valence-corrected chi connectivity index (χ1v) is 2.29. The summed E-state index contributed by atoms with van der Waals surface area (Å²) in [6, 6.07) is 2.76. The minimum Gasteiger partial charge on any atom is -0.366 e. The van der Waals surface area contributed by atoms with E-state index < -0.39 is 4.92 Å². The van der Waals surface area contributed by atoms with Crippen molar-refractivity contribution in [3.05, 3.63) is 22.2 Å². The number of nitrogen functional groups attached to an aromatic ring is 1. The van der Waals surface area contributed by atoms with Gasteiger partial charge in [0.1, 0.15) is 0 Å². The molecule has 0 atom stereocenters. The molecular formula is C4H5N3O2. The van der Waals surface area contributed by atoms with Crippen LogP contribution in [-0.4, -0.2) is 9.91 Å². The number of nitro groups is 1. The zero-order valence-corrected chi connectivity index (χ0v) is 4.50. The fourth-order valence-corrected chi connectivity index (χ4v) is 0.506. The molecule has 9 heavy (non-hydrogen) atoms. The molecule has 48 valence electrons. The molecule has 0 bridgehead atoms. The number of hydrogen-bond donors (Lipinski definition) is 2. The van der Waals surface area contributed by atoms with Crippen LogP contribution in [0.5, 0.6) is 0 Å². The van der Waals surface area contributed by atoms with E-state index in [0.717, 1.165) is 0 Å². The smallest absolute Gasteiger partial charge is 0.322 e. The first-order chi connectivity index (χ1) is 4.20. The standard InChI is InChI=1S/C4H5N3O2/c5-3-1-2-4(6-3)7(8)9/h1-2,6H,5H2. The minimum atomic E-state index is -0.531. The van der Waals surface area contributed by atoms with Crippen LogP contribution in [0.1, 0.15) is 0 Å². The molecule has 0 amide bonds. The van der Waals surface area contributed by atoms with Gasteiger partial charge in [0.2, 0.25) is 0 Å². The van der Waals surface area contributed by atoms with Crippen LogP contribution < -0.4 is 5.73 Å². The van der Waals surface area contributed by atoms with E-state index in [9.17, 15) is 10.1 Å². The van der Waals surface area contributed by atoms with E-state index >= 15 is 0 Å². The van der Waals surface area contributed by atoms with Crippen molar-refractivity contribution in [3.8, 4) is 0 Å². The largest absolute Gasteiger partial charge is 0.366 e. The number of aromatic amines is 1. The highest BCUT2D eigenvalue weighted by molar-refractivity contribution is 5.37. The van der Waals surface area contributed by atoms with E-state index in [1.807, 2.05) is 0 Å². The quantitative estimate of drug-likeness (QED) is 0.425. The number of rotatable bonds is 1. The summed E-state index contributed by atoms with van der Waals surface area (Å²) < 4.78 is 0. The van der Waals surface area contributed by atoms with Crippen molar-refractivity contribution >= 4 is 11.6 Å². The molecule has 0 radical (unpaired) electrons. The van der Waals surface area contributed by atoms with Gasteiger partial charge in [-0.1, -0.05) is 0 Å². The van der Waals surface area contributed by atoms with Gasteiger partial charge >= 0.3 is 5.82 Å². The SMILES string of the molecule is Nc1ccc([N+](=O)[O-])[nH]1. The molecule has 0 aliphatic heterocycles. The summed E-state index contributed by atoms with van der Waals surface area (Å²) in [7, 11) is 0. The number of anilines is 1. The van der Waals surface area contributed by atoms with E-state index in [1.54, 1.807) is 0 Å². The summed E-state index contributed by atoms with van der Waals surface area (Å²) in [5.41, 5.74) is 5.16. The highest BCUT2D eigenvalue weighted by Gasteiger charge is 2.03. The molecule has 1 rings (SSSR count). The zero-order chi connectivity index (χ0) is 6.85. The Bertz CT molecular complexity index is 229. The number of aromatic nitrogens is 1. The summed E-state index contributed by atoms with van der Waals surface area (Å²) in [5, 5.41) is 9.93. The van der Waals surface area contributed by atoms with Crippen LogP contribution in [0.15, 0.2) is 12.1 Å². The lowest BCUT2D eigenvalue weighted by Gasteiger charge is -1.85. The number of nitrogens with two attached hydrogens (primary N) is 1. The maximum absolute atomic E-state index is 9.93. The topological polar surface area (TPSA) is 84.9 Å². The molecule has 0 aliphatic rings. The van der Waals surface area contributed by atoms with Crippen LogP contribution in [0.4, 0.5) is 11.6 Å². The lowest BCUT2D eigenvalue weighted by atomic mass is 10.6. The van der Waals surface area contributed by atoms with Gasteiger partial charge in [-0.25, -0.2) is 4.98 Å². The Balaban J connectivity index is 2.98. The van der Waals surface area contributed by atoms with Crippen molar-refractivity contribution < 1.29 is 4.92 Å². The third kappa shape index (κ3) is 0.987. The van der Waals surface area contributed by atoms with E-state index in [-0.39, 0.29) is 5.82 Å². The number of hydrogen-bond acceptors (Lipinski definition) is 3. The Morgan fingerprint density at radius 3 is 2.56 bits per heavy atom. The van der Waals surface area contributed by atoms with E-state index in [4.69, 9.17) is 5.73 Å². The Labute approximate surface area is 50.6 Å². The molecule has 0 saturated carbocycles. The molecule has 0 aromatic carbocycles. The first kappa shape index (κ1) is 5.61. The van der Waals surface area contributed by atoms with Crippen LogP contribution in [0.3, 0.4) is 0 Å². The molecule has 1 aromatic rings. The Morgan fingerprint density at radius 2 is 2.33 bits per heavy atom. The van der Waals surface area contributed by atoms with Crippen molar-refractivity contribution in [1.82, 2.24) is 4.98 Å². The summed E-state index contributed by atoms with van der Waals surface area (Å²) in [6.45, 7) is 0. The number of nitrogens with one attached hydrogen (secondary N) is 1. The van der Waals surface area contributed by atoms with Crippen LogP contribution in [-0.2, 0) is 0 Å². The maximum Gasteiger partial charge on any atom is 0.322 e. The molecule has 3 N–H and O–H groups in total. The monoisotopic (exact) mass is 127 g/mol. The van der Waals surface area contributed by atoms with Gasteiger partial charge in [-0.05, 0) is 4.92 Å². The van der Waals surface area contributed by atoms with Gasteiger partial charge < -0.3 is 15.8 Å². The number of nitrogens with zero attached hydrogens (tertiary/aromatic N) is 1. The molecule has 0 saturated heterocycles. The third-order valence-electron chi connectivity index (χ3n) is 0.890. The second-order valence-electron chi connectivity index (χ2n) is 1.56. The van der Waals surface area contributed by atoms with Gasteiger partial charge in [0.15, 0.2) is 5.82 Å².